The normalized spacial score (nSPS) is 9.07. The molecular formula is C12H15NO. The van der Waals surface area contributed by atoms with Crippen LogP contribution in [0.3, 0.4) is 0 Å². The SMILES string of the molecule is Cc1ccccc1N(C)CC#CCO. The van der Waals surface area contributed by atoms with E-state index in [1.54, 1.807) is 0 Å². The first-order valence-corrected chi connectivity index (χ1v) is 4.59. The van der Waals surface area contributed by atoms with E-state index in [9.17, 15) is 0 Å². The summed E-state index contributed by atoms with van der Waals surface area (Å²) in [7, 11) is 1.99. The molecule has 0 amide bonds. The third-order valence-electron chi connectivity index (χ3n) is 2.05. The Balaban J connectivity index is 2.69. The molecule has 0 bridgehead atoms. The van der Waals surface area contributed by atoms with E-state index in [-0.39, 0.29) is 6.61 Å². The average molecular weight is 189 g/mol. The lowest BCUT2D eigenvalue weighted by Crippen LogP contribution is -2.18. The van der Waals surface area contributed by atoms with Crippen LogP contribution in [0.1, 0.15) is 5.56 Å². The molecule has 0 unspecified atom stereocenters. The minimum Gasteiger partial charge on any atom is -0.384 e. The molecule has 0 saturated carbocycles. The van der Waals surface area contributed by atoms with Gasteiger partial charge in [0.15, 0.2) is 0 Å². The second kappa shape index (κ2) is 5.31. The molecule has 1 rings (SSSR count). The van der Waals surface area contributed by atoms with Crippen molar-refractivity contribution in [3.05, 3.63) is 29.8 Å². The molecule has 1 aromatic rings. The molecule has 1 N–H and O–H groups in total. The number of benzene rings is 1. The summed E-state index contributed by atoms with van der Waals surface area (Å²) in [6.45, 7) is 2.65. The quantitative estimate of drug-likeness (QED) is 0.711. The predicted molar refractivity (Wildman–Crippen MR) is 59.3 cm³/mol. The van der Waals surface area contributed by atoms with Gasteiger partial charge in [-0.2, -0.15) is 0 Å². The van der Waals surface area contributed by atoms with Crippen molar-refractivity contribution in [1.29, 1.82) is 0 Å². The van der Waals surface area contributed by atoms with Crippen LogP contribution in [0.15, 0.2) is 24.3 Å². The fourth-order valence-electron chi connectivity index (χ4n) is 1.31. The highest BCUT2D eigenvalue weighted by Crippen LogP contribution is 2.16. The first-order valence-electron chi connectivity index (χ1n) is 4.59. The Morgan fingerprint density at radius 3 is 2.64 bits per heavy atom. The van der Waals surface area contributed by atoms with Gasteiger partial charge in [0, 0.05) is 12.7 Å². The maximum atomic E-state index is 8.51. The van der Waals surface area contributed by atoms with Crippen molar-refractivity contribution < 1.29 is 5.11 Å². The van der Waals surface area contributed by atoms with E-state index in [0.717, 1.165) is 0 Å². The smallest absolute Gasteiger partial charge is 0.104 e. The average Bonchev–Trinajstić information content (AvgIpc) is 2.18. The number of aliphatic hydroxyl groups is 1. The van der Waals surface area contributed by atoms with Crippen LogP contribution in [0.2, 0.25) is 0 Å². The third kappa shape index (κ3) is 2.79. The standard InChI is InChI=1S/C12H15NO/c1-11-7-3-4-8-12(11)13(2)9-5-6-10-14/h3-4,7-8,14H,9-10H2,1-2H3. The molecule has 0 aliphatic heterocycles. The summed E-state index contributed by atoms with van der Waals surface area (Å²) >= 11 is 0. The van der Waals surface area contributed by atoms with Crippen LogP contribution in [0.5, 0.6) is 0 Å². The molecule has 0 saturated heterocycles. The predicted octanol–water partition coefficient (Wildman–Crippen LogP) is 1.43. The number of anilines is 1. The van der Waals surface area contributed by atoms with Crippen LogP contribution < -0.4 is 4.90 Å². The van der Waals surface area contributed by atoms with Gasteiger partial charge in [0.05, 0.1) is 6.54 Å². The second-order valence-electron chi connectivity index (χ2n) is 3.15. The summed E-state index contributed by atoms with van der Waals surface area (Å²) in [5.41, 5.74) is 2.42. The van der Waals surface area contributed by atoms with Gasteiger partial charge in [-0.3, -0.25) is 0 Å². The highest BCUT2D eigenvalue weighted by molar-refractivity contribution is 5.53. The molecule has 0 atom stereocenters. The lowest BCUT2D eigenvalue weighted by atomic mass is 10.2. The van der Waals surface area contributed by atoms with Crippen molar-refractivity contribution >= 4 is 5.69 Å². The number of para-hydroxylation sites is 1. The summed E-state index contributed by atoms with van der Waals surface area (Å²) < 4.78 is 0. The molecule has 0 spiro atoms. The molecule has 0 aliphatic carbocycles. The molecule has 0 aromatic heterocycles. The maximum absolute atomic E-state index is 8.51. The van der Waals surface area contributed by atoms with Crippen molar-refractivity contribution in [2.45, 2.75) is 6.92 Å². The molecule has 2 nitrogen and oxygen atoms in total. The van der Waals surface area contributed by atoms with Gasteiger partial charge in [-0.15, -0.1) is 0 Å². The molecule has 14 heavy (non-hydrogen) atoms. The first-order chi connectivity index (χ1) is 6.75. The van der Waals surface area contributed by atoms with Crippen molar-refractivity contribution in [3.8, 4) is 11.8 Å². The Morgan fingerprint density at radius 2 is 2.00 bits per heavy atom. The zero-order valence-electron chi connectivity index (χ0n) is 8.62. The van der Waals surface area contributed by atoms with Gasteiger partial charge in [-0.1, -0.05) is 30.0 Å². The third-order valence-corrected chi connectivity index (χ3v) is 2.05. The molecule has 0 radical (unpaired) electrons. The summed E-state index contributed by atoms with van der Waals surface area (Å²) in [6.07, 6.45) is 0. The molecule has 0 heterocycles. The van der Waals surface area contributed by atoms with Gasteiger partial charge in [-0.25, -0.2) is 0 Å². The number of aliphatic hydroxyl groups excluding tert-OH is 1. The largest absolute Gasteiger partial charge is 0.384 e. The highest BCUT2D eigenvalue weighted by Gasteiger charge is 2.00. The van der Waals surface area contributed by atoms with Crippen molar-refractivity contribution in [2.75, 3.05) is 25.1 Å². The number of hydrogen-bond acceptors (Lipinski definition) is 2. The monoisotopic (exact) mass is 189 g/mol. The Hall–Kier alpha value is -1.46. The van der Waals surface area contributed by atoms with Gasteiger partial charge in [0.1, 0.15) is 6.61 Å². The molecule has 2 heteroatoms. The lowest BCUT2D eigenvalue weighted by Gasteiger charge is -2.18. The molecule has 0 fully saturated rings. The Labute approximate surface area is 85.2 Å². The van der Waals surface area contributed by atoms with Crippen LogP contribution in [-0.4, -0.2) is 25.3 Å². The Bertz CT molecular complexity index is 349. The van der Waals surface area contributed by atoms with E-state index < -0.39 is 0 Å². The first kappa shape index (κ1) is 10.6. The van der Waals surface area contributed by atoms with Gasteiger partial charge in [0.2, 0.25) is 0 Å². The van der Waals surface area contributed by atoms with E-state index in [2.05, 4.69) is 35.8 Å². The molecule has 0 aliphatic rings. The van der Waals surface area contributed by atoms with E-state index >= 15 is 0 Å². The van der Waals surface area contributed by atoms with Gasteiger partial charge in [-0.05, 0) is 18.6 Å². The van der Waals surface area contributed by atoms with Crippen molar-refractivity contribution in [3.63, 3.8) is 0 Å². The van der Waals surface area contributed by atoms with Gasteiger partial charge >= 0.3 is 0 Å². The maximum Gasteiger partial charge on any atom is 0.104 e. The second-order valence-corrected chi connectivity index (χ2v) is 3.15. The van der Waals surface area contributed by atoms with Crippen LogP contribution in [0.25, 0.3) is 0 Å². The minimum atomic E-state index is -0.0678. The fourth-order valence-corrected chi connectivity index (χ4v) is 1.31. The van der Waals surface area contributed by atoms with Crippen LogP contribution in [-0.2, 0) is 0 Å². The summed E-state index contributed by atoms with van der Waals surface area (Å²) in [6, 6.07) is 8.17. The topological polar surface area (TPSA) is 23.5 Å². The number of hydrogen-bond donors (Lipinski definition) is 1. The van der Waals surface area contributed by atoms with E-state index in [0.29, 0.717) is 6.54 Å². The van der Waals surface area contributed by atoms with E-state index in [1.165, 1.54) is 11.3 Å². The Kier molecular flexibility index (Phi) is 4.03. The fraction of sp³-hybridized carbons (Fsp3) is 0.333. The summed E-state index contributed by atoms with van der Waals surface area (Å²) in [4.78, 5) is 2.07. The zero-order chi connectivity index (χ0) is 10.4. The lowest BCUT2D eigenvalue weighted by molar-refractivity contribution is 0.350. The van der Waals surface area contributed by atoms with Crippen LogP contribution >= 0.6 is 0 Å². The van der Waals surface area contributed by atoms with Crippen molar-refractivity contribution in [1.82, 2.24) is 0 Å². The van der Waals surface area contributed by atoms with Crippen LogP contribution in [0.4, 0.5) is 5.69 Å². The number of aryl methyl sites for hydroxylation is 1. The van der Waals surface area contributed by atoms with E-state index in [1.807, 2.05) is 19.2 Å². The van der Waals surface area contributed by atoms with Crippen LogP contribution in [0, 0.1) is 18.8 Å². The number of nitrogens with zero attached hydrogens (tertiary/aromatic N) is 1. The highest BCUT2D eigenvalue weighted by atomic mass is 16.2. The van der Waals surface area contributed by atoms with Gasteiger partial charge < -0.3 is 10.0 Å². The number of rotatable bonds is 2. The molecular weight excluding hydrogens is 174 g/mol. The van der Waals surface area contributed by atoms with Gasteiger partial charge in [0.25, 0.3) is 0 Å². The van der Waals surface area contributed by atoms with E-state index in [4.69, 9.17) is 5.11 Å². The summed E-state index contributed by atoms with van der Waals surface area (Å²) in [5.74, 6) is 5.52. The summed E-state index contributed by atoms with van der Waals surface area (Å²) in [5, 5.41) is 8.51. The van der Waals surface area contributed by atoms with Crippen molar-refractivity contribution in [2.24, 2.45) is 0 Å². The Morgan fingerprint density at radius 1 is 1.29 bits per heavy atom. The minimum absolute atomic E-state index is 0.0678. The molecule has 74 valence electrons. The molecule has 1 aromatic carbocycles. The zero-order valence-corrected chi connectivity index (χ0v) is 8.62.